The first-order valence-electron chi connectivity index (χ1n) is 13.0. The van der Waals surface area contributed by atoms with E-state index in [0.717, 1.165) is 25.7 Å². The lowest BCUT2D eigenvalue weighted by Crippen LogP contribution is -2.32. The first-order chi connectivity index (χ1) is 15.5. The second-order valence-electron chi connectivity index (χ2n) is 10.4. The minimum absolute atomic E-state index is 0.122. The Bertz CT molecular complexity index is 551. The maximum absolute atomic E-state index is 12.5. The molecule has 0 radical (unpaired) electrons. The summed E-state index contributed by atoms with van der Waals surface area (Å²) in [5.41, 5.74) is -0.563. The number of unbranched alkanes of at least 4 members (excludes halogenated alkanes) is 8. The number of ketones is 2. The van der Waals surface area contributed by atoms with E-state index in [9.17, 15) is 19.2 Å². The van der Waals surface area contributed by atoms with E-state index < -0.39 is 5.41 Å². The van der Waals surface area contributed by atoms with Crippen LogP contribution in [0.3, 0.4) is 0 Å². The second-order valence-corrected chi connectivity index (χ2v) is 10.4. The number of rotatable bonds is 20. The average molecular weight is 467 g/mol. The van der Waals surface area contributed by atoms with Crippen molar-refractivity contribution in [1.82, 2.24) is 9.80 Å². The number of nitrogens with zero attached hydrogens (tertiary/aromatic N) is 2. The molecule has 0 aromatic heterocycles. The van der Waals surface area contributed by atoms with Gasteiger partial charge in [-0.2, -0.15) is 0 Å². The highest BCUT2D eigenvalue weighted by atomic mass is 16.2. The summed E-state index contributed by atoms with van der Waals surface area (Å²) in [4.78, 5) is 52.9. The van der Waals surface area contributed by atoms with E-state index in [1.165, 1.54) is 38.5 Å². The fourth-order valence-corrected chi connectivity index (χ4v) is 4.02. The van der Waals surface area contributed by atoms with Crippen LogP contribution < -0.4 is 0 Å². The fourth-order valence-electron chi connectivity index (χ4n) is 4.02. The maximum atomic E-state index is 12.5. The van der Waals surface area contributed by atoms with Gasteiger partial charge in [-0.05, 0) is 18.3 Å². The SMILES string of the molecule is CCCCCCCN(C)C(=O)CC(=O)CC(C)(C)CC(=O)CC(=O)N(C)CCCCCCC. The topological polar surface area (TPSA) is 74.8 Å². The van der Waals surface area contributed by atoms with Gasteiger partial charge in [-0.25, -0.2) is 0 Å². The van der Waals surface area contributed by atoms with Crippen molar-refractivity contribution in [2.24, 2.45) is 5.41 Å². The van der Waals surface area contributed by atoms with Gasteiger partial charge in [-0.15, -0.1) is 0 Å². The molecule has 0 N–H and O–H groups in total. The standard InChI is InChI=1S/C27H50N2O4/c1-7-9-11-13-15-17-28(5)25(32)19-23(30)21-27(3,4)22-24(31)20-26(33)29(6)18-16-14-12-10-8-2/h7-22H2,1-6H3. The normalized spacial score (nSPS) is 11.3. The van der Waals surface area contributed by atoms with Gasteiger partial charge >= 0.3 is 0 Å². The molecule has 6 nitrogen and oxygen atoms in total. The molecule has 0 aliphatic carbocycles. The van der Waals surface area contributed by atoms with Crippen LogP contribution in [0.4, 0.5) is 0 Å². The molecular formula is C27H50N2O4. The van der Waals surface area contributed by atoms with Gasteiger partial charge in [0.05, 0.1) is 12.8 Å². The first kappa shape index (κ1) is 31.3. The molecule has 0 rings (SSSR count). The van der Waals surface area contributed by atoms with E-state index in [4.69, 9.17) is 0 Å². The fraction of sp³-hybridized carbons (Fsp3) is 0.852. The molecule has 0 aliphatic rings. The Kier molecular flexibility index (Phi) is 16.8. The van der Waals surface area contributed by atoms with E-state index in [2.05, 4.69) is 13.8 Å². The van der Waals surface area contributed by atoms with Crippen LogP contribution in [0.1, 0.15) is 118 Å². The lowest BCUT2D eigenvalue weighted by Gasteiger charge is -2.24. The molecule has 6 heteroatoms. The van der Waals surface area contributed by atoms with Crippen LogP contribution in [0.25, 0.3) is 0 Å². The van der Waals surface area contributed by atoms with Crippen molar-refractivity contribution in [3.8, 4) is 0 Å². The molecule has 0 aromatic rings. The zero-order valence-corrected chi connectivity index (χ0v) is 22.3. The van der Waals surface area contributed by atoms with Crippen LogP contribution in [-0.4, -0.2) is 60.4 Å². The zero-order valence-electron chi connectivity index (χ0n) is 22.3. The molecule has 0 unspecified atom stereocenters. The summed E-state index contributed by atoms with van der Waals surface area (Å²) in [5, 5.41) is 0. The van der Waals surface area contributed by atoms with Crippen molar-refractivity contribution in [3.05, 3.63) is 0 Å². The summed E-state index contributed by atoms with van der Waals surface area (Å²) >= 11 is 0. The number of carbonyl (C=O) groups is 4. The molecule has 0 aromatic carbocycles. The highest BCUT2D eigenvalue weighted by Crippen LogP contribution is 2.27. The third kappa shape index (κ3) is 16.5. The highest BCUT2D eigenvalue weighted by molar-refractivity contribution is 6.00. The largest absolute Gasteiger partial charge is 0.345 e. The van der Waals surface area contributed by atoms with Crippen LogP contribution in [0, 0.1) is 5.41 Å². The Hall–Kier alpha value is -1.72. The molecule has 0 aliphatic heterocycles. The Morgan fingerprint density at radius 2 is 0.909 bits per heavy atom. The lowest BCUT2D eigenvalue weighted by molar-refractivity contribution is -0.135. The Morgan fingerprint density at radius 3 is 1.24 bits per heavy atom. The summed E-state index contributed by atoms with van der Waals surface area (Å²) in [6, 6.07) is 0. The highest BCUT2D eigenvalue weighted by Gasteiger charge is 2.28. The molecule has 33 heavy (non-hydrogen) atoms. The molecule has 0 saturated heterocycles. The minimum atomic E-state index is -0.563. The van der Waals surface area contributed by atoms with Gasteiger partial charge in [0.15, 0.2) is 0 Å². The molecule has 0 bridgehead atoms. The summed E-state index contributed by atoms with van der Waals surface area (Å²) in [7, 11) is 3.49. The van der Waals surface area contributed by atoms with Gasteiger partial charge in [0.2, 0.25) is 11.8 Å². The van der Waals surface area contributed by atoms with Crippen molar-refractivity contribution < 1.29 is 19.2 Å². The second kappa shape index (κ2) is 17.7. The molecule has 0 spiro atoms. The van der Waals surface area contributed by atoms with Crippen molar-refractivity contribution in [3.63, 3.8) is 0 Å². The van der Waals surface area contributed by atoms with Gasteiger partial charge in [-0.1, -0.05) is 79.1 Å². The van der Waals surface area contributed by atoms with Gasteiger partial charge in [0.25, 0.3) is 0 Å². The predicted molar refractivity (Wildman–Crippen MR) is 135 cm³/mol. The van der Waals surface area contributed by atoms with Gasteiger partial charge in [0, 0.05) is 40.0 Å². The van der Waals surface area contributed by atoms with Crippen LogP contribution in [0.5, 0.6) is 0 Å². The summed E-state index contributed by atoms with van der Waals surface area (Å²) < 4.78 is 0. The van der Waals surface area contributed by atoms with Crippen molar-refractivity contribution in [2.75, 3.05) is 27.2 Å². The van der Waals surface area contributed by atoms with Gasteiger partial charge in [0.1, 0.15) is 11.6 Å². The van der Waals surface area contributed by atoms with Crippen LogP contribution in [-0.2, 0) is 19.2 Å². The smallest absolute Gasteiger partial charge is 0.229 e. The summed E-state index contributed by atoms with van der Waals surface area (Å²) in [5.74, 6) is -0.612. The monoisotopic (exact) mass is 466 g/mol. The maximum Gasteiger partial charge on any atom is 0.229 e. The number of carbonyl (C=O) groups excluding carboxylic acids is 4. The Balaban J connectivity index is 4.31. The average Bonchev–Trinajstić information content (AvgIpc) is 2.71. The number of hydrogen-bond donors (Lipinski definition) is 0. The molecule has 0 saturated carbocycles. The van der Waals surface area contributed by atoms with Gasteiger partial charge < -0.3 is 9.80 Å². The van der Waals surface area contributed by atoms with Gasteiger partial charge in [-0.3, -0.25) is 19.2 Å². The number of Topliss-reactive ketones (excluding diaryl/α,β-unsaturated/α-hetero) is 2. The zero-order chi connectivity index (χ0) is 25.3. The van der Waals surface area contributed by atoms with E-state index in [0.29, 0.717) is 13.1 Å². The summed E-state index contributed by atoms with van der Waals surface area (Å²) in [6.07, 6.45) is 11.3. The molecule has 192 valence electrons. The minimum Gasteiger partial charge on any atom is -0.345 e. The number of amides is 2. The quantitative estimate of drug-likeness (QED) is 0.174. The van der Waals surface area contributed by atoms with Crippen molar-refractivity contribution in [1.29, 1.82) is 0 Å². The lowest BCUT2D eigenvalue weighted by atomic mass is 9.81. The van der Waals surface area contributed by atoms with Crippen LogP contribution in [0.15, 0.2) is 0 Å². The predicted octanol–water partition coefficient (Wildman–Crippen LogP) is 5.57. The Labute approximate surface area is 202 Å². The molecular weight excluding hydrogens is 416 g/mol. The van der Waals surface area contributed by atoms with E-state index in [1.807, 2.05) is 13.8 Å². The van der Waals surface area contributed by atoms with Crippen LogP contribution in [0.2, 0.25) is 0 Å². The Morgan fingerprint density at radius 1 is 0.576 bits per heavy atom. The van der Waals surface area contributed by atoms with E-state index in [1.54, 1.807) is 23.9 Å². The third-order valence-electron chi connectivity index (χ3n) is 6.09. The van der Waals surface area contributed by atoms with E-state index >= 15 is 0 Å². The van der Waals surface area contributed by atoms with E-state index in [-0.39, 0.29) is 49.1 Å². The number of hydrogen-bond acceptors (Lipinski definition) is 4. The third-order valence-corrected chi connectivity index (χ3v) is 6.09. The van der Waals surface area contributed by atoms with Crippen molar-refractivity contribution >= 4 is 23.4 Å². The van der Waals surface area contributed by atoms with Crippen LogP contribution >= 0.6 is 0 Å². The molecule has 0 heterocycles. The molecule has 0 fully saturated rings. The molecule has 0 atom stereocenters. The summed E-state index contributed by atoms with van der Waals surface area (Å²) in [6.45, 7) is 9.39. The molecule has 2 amide bonds. The van der Waals surface area contributed by atoms with Crippen molar-refractivity contribution in [2.45, 2.75) is 118 Å². The first-order valence-corrected chi connectivity index (χ1v) is 13.0.